The van der Waals surface area contributed by atoms with Gasteiger partial charge in [0.1, 0.15) is 11.8 Å². The van der Waals surface area contributed by atoms with Gasteiger partial charge in [0.15, 0.2) is 0 Å². The molecule has 2 aromatic carbocycles. The molecule has 3 heterocycles. The summed E-state index contributed by atoms with van der Waals surface area (Å²) in [6.45, 7) is 0.679. The SMILES string of the molecule is Cn1cc(-n2c(-c3cn(CCCC#N)c4ccccc34)c(C#N)[nH]c2=O)c2ccccc21. The smallest absolute Gasteiger partial charge is 0.331 e. The van der Waals surface area contributed by atoms with Gasteiger partial charge < -0.3 is 9.13 Å². The maximum Gasteiger partial charge on any atom is 0.331 e. The average Bonchev–Trinajstić information content (AvgIpc) is 3.45. The Balaban J connectivity index is 1.81. The summed E-state index contributed by atoms with van der Waals surface area (Å²) in [5, 5.41) is 20.7. The van der Waals surface area contributed by atoms with E-state index in [4.69, 9.17) is 5.26 Å². The molecule has 0 spiro atoms. The number of hydrogen-bond acceptors (Lipinski definition) is 3. The van der Waals surface area contributed by atoms with Crippen LogP contribution in [0.2, 0.25) is 0 Å². The molecule has 1 N–H and O–H groups in total. The molecule has 0 atom stereocenters. The van der Waals surface area contributed by atoms with Crippen molar-refractivity contribution in [2.45, 2.75) is 19.4 Å². The van der Waals surface area contributed by atoms with Gasteiger partial charge >= 0.3 is 5.69 Å². The van der Waals surface area contributed by atoms with Crippen LogP contribution in [-0.2, 0) is 13.6 Å². The van der Waals surface area contributed by atoms with Crippen LogP contribution in [0.1, 0.15) is 18.5 Å². The summed E-state index contributed by atoms with van der Waals surface area (Å²) in [4.78, 5) is 15.8. The Morgan fingerprint density at radius 1 is 0.969 bits per heavy atom. The largest absolute Gasteiger partial charge is 0.348 e. The molecule has 0 amide bonds. The van der Waals surface area contributed by atoms with Gasteiger partial charge in [0.2, 0.25) is 0 Å². The number of aromatic amines is 1. The van der Waals surface area contributed by atoms with E-state index in [1.54, 1.807) is 4.57 Å². The van der Waals surface area contributed by atoms with Crippen molar-refractivity contribution < 1.29 is 0 Å². The van der Waals surface area contributed by atoms with Crippen LogP contribution in [-0.4, -0.2) is 18.7 Å². The maximum atomic E-state index is 13.1. The normalized spacial score (nSPS) is 11.1. The van der Waals surface area contributed by atoms with Crippen LogP contribution in [0.5, 0.6) is 0 Å². The fraction of sp³-hybridized carbons (Fsp3) is 0.160. The van der Waals surface area contributed by atoms with E-state index in [1.807, 2.05) is 72.5 Å². The van der Waals surface area contributed by atoms with Gasteiger partial charge in [0.25, 0.3) is 0 Å². The highest BCUT2D eigenvalue weighted by Crippen LogP contribution is 2.35. The number of nitriles is 2. The van der Waals surface area contributed by atoms with E-state index < -0.39 is 0 Å². The molecule has 0 aliphatic rings. The Labute approximate surface area is 184 Å². The lowest BCUT2D eigenvalue weighted by atomic mass is 10.1. The third kappa shape index (κ3) is 2.91. The first kappa shape index (κ1) is 19.5. The van der Waals surface area contributed by atoms with Gasteiger partial charge in [-0.05, 0) is 18.6 Å². The zero-order chi connectivity index (χ0) is 22.2. The first-order valence-electron chi connectivity index (χ1n) is 10.4. The minimum atomic E-state index is -0.353. The van der Waals surface area contributed by atoms with E-state index in [9.17, 15) is 10.1 Å². The molecule has 3 aromatic heterocycles. The number of imidazole rings is 1. The van der Waals surface area contributed by atoms with Gasteiger partial charge in [0, 0.05) is 59.8 Å². The van der Waals surface area contributed by atoms with E-state index >= 15 is 0 Å². The second kappa shape index (κ2) is 7.64. The highest BCUT2D eigenvalue weighted by molar-refractivity contribution is 5.98. The van der Waals surface area contributed by atoms with Crippen LogP contribution in [0.25, 0.3) is 38.8 Å². The lowest BCUT2D eigenvalue weighted by molar-refractivity contribution is 0.674. The average molecular weight is 420 g/mol. The fourth-order valence-electron chi connectivity index (χ4n) is 4.45. The lowest BCUT2D eigenvalue weighted by Gasteiger charge is -2.06. The number of fused-ring (bicyclic) bond motifs is 2. The number of nitrogens with zero attached hydrogens (tertiary/aromatic N) is 5. The van der Waals surface area contributed by atoms with Crippen molar-refractivity contribution in [3.05, 3.63) is 77.1 Å². The number of para-hydroxylation sites is 2. The summed E-state index contributed by atoms with van der Waals surface area (Å²) in [6.07, 6.45) is 5.09. The zero-order valence-corrected chi connectivity index (χ0v) is 17.5. The van der Waals surface area contributed by atoms with Crippen LogP contribution >= 0.6 is 0 Å². The van der Waals surface area contributed by atoms with E-state index in [0.29, 0.717) is 18.7 Å². The van der Waals surface area contributed by atoms with Gasteiger partial charge in [-0.2, -0.15) is 10.5 Å². The monoisotopic (exact) mass is 420 g/mol. The molecule has 0 fully saturated rings. The number of aryl methyl sites for hydroxylation is 2. The van der Waals surface area contributed by atoms with E-state index in [2.05, 4.69) is 21.7 Å². The number of benzene rings is 2. The summed E-state index contributed by atoms with van der Waals surface area (Å²) in [5.41, 5.74) is 3.95. The first-order chi connectivity index (χ1) is 15.6. The molecule has 0 unspecified atom stereocenters. The van der Waals surface area contributed by atoms with Crippen LogP contribution in [0, 0.1) is 22.7 Å². The molecule has 0 saturated carbocycles. The number of aromatic nitrogens is 4. The highest BCUT2D eigenvalue weighted by Gasteiger charge is 2.23. The Kier molecular flexibility index (Phi) is 4.65. The summed E-state index contributed by atoms with van der Waals surface area (Å²) >= 11 is 0. The summed E-state index contributed by atoms with van der Waals surface area (Å²) in [7, 11) is 1.94. The predicted molar refractivity (Wildman–Crippen MR) is 123 cm³/mol. The fourth-order valence-corrected chi connectivity index (χ4v) is 4.45. The van der Waals surface area contributed by atoms with Crippen molar-refractivity contribution in [1.82, 2.24) is 18.7 Å². The number of rotatable bonds is 5. The third-order valence-corrected chi connectivity index (χ3v) is 5.86. The van der Waals surface area contributed by atoms with Gasteiger partial charge in [-0.15, -0.1) is 0 Å². The van der Waals surface area contributed by atoms with Crippen LogP contribution < -0.4 is 5.69 Å². The zero-order valence-electron chi connectivity index (χ0n) is 17.5. The number of hydrogen-bond donors (Lipinski definition) is 1. The standard InChI is InChI=1S/C25H20N6O/c1-29-16-23(18-9-3-4-10-21(18)29)31-24(20(14-27)28-25(31)32)19-15-30(13-7-6-12-26)22-11-5-2-8-17(19)22/h2-5,8-11,15-16H,6-7,13H2,1H3,(H,28,32). The highest BCUT2D eigenvalue weighted by atomic mass is 16.1. The van der Waals surface area contributed by atoms with Crippen molar-refractivity contribution in [1.29, 1.82) is 10.5 Å². The molecular weight excluding hydrogens is 400 g/mol. The summed E-state index contributed by atoms with van der Waals surface area (Å²) < 4.78 is 5.67. The molecular formula is C25H20N6O. The molecule has 0 aliphatic carbocycles. The summed E-state index contributed by atoms with van der Waals surface area (Å²) in [6, 6.07) is 20.2. The number of unbranched alkanes of at least 4 members (excludes halogenated alkanes) is 1. The Bertz CT molecular complexity index is 1610. The van der Waals surface area contributed by atoms with Gasteiger partial charge in [0.05, 0.1) is 17.5 Å². The molecule has 0 bridgehead atoms. The molecule has 7 heteroatoms. The molecule has 0 aliphatic heterocycles. The minimum absolute atomic E-state index is 0.225. The third-order valence-electron chi connectivity index (χ3n) is 5.86. The van der Waals surface area contributed by atoms with Gasteiger partial charge in [-0.1, -0.05) is 36.4 Å². The second-order valence-corrected chi connectivity index (χ2v) is 7.76. The Morgan fingerprint density at radius 2 is 1.69 bits per heavy atom. The quantitative estimate of drug-likeness (QED) is 0.425. The van der Waals surface area contributed by atoms with Crippen molar-refractivity contribution in [3.63, 3.8) is 0 Å². The summed E-state index contributed by atoms with van der Waals surface area (Å²) in [5.74, 6) is 0. The first-order valence-corrected chi connectivity index (χ1v) is 10.4. The van der Waals surface area contributed by atoms with Crippen molar-refractivity contribution in [2.75, 3.05) is 0 Å². The molecule has 32 heavy (non-hydrogen) atoms. The maximum absolute atomic E-state index is 13.1. The number of H-pyrrole nitrogens is 1. The van der Waals surface area contributed by atoms with Crippen LogP contribution in [0.4, 0.5) is 0 Å². The lowest BCUT2D eigenvalue weighted by Crippen LogP contribution is -2.15. The second-order valence-electron chi connectivity index (χ2n) is 7.76. The number of nitrogens with one attached hydrogen (secondary N) is 1. The Morgan fingerprint density at radius 3 is 2.44 bits per heavy atom. The van der Waals surface area contributed by atoms with E-state index in [-0.39, 0.29) is 11.4 Å². The van der Waals surface area contributed by atoms with Crippen molar-refractivity contribution >= 4 is 21.8 Å². The predicted octanol–water partition coefficient (Wildman–Crippen LogP) is 4.45. The molecule has 7 nitrogen and oxygen atoms in total. The van der Waals surface area contributed by atoms with Crippen LogP contribution in [0.3, 0.4) is 0 Å². The molecule has 0 saturated heterocycles. The minimum Gasteiger partial charge on any atom is -0.348 e. The van der Waals surface area contributed by atoms with Crippen molar-refractivity contribution in [2.24, 2.45) is 7.05 Å². The topological polar surface area (TPSA) is 95.2 Å². The Hall–Kier alpha value is -4.49. The van der Waals surface area contributed by atoms with E-state index in [0.717, 1.165) is 39.5 Å². The molecule has 156 valence electrons. The van der Waals surface area contributed by atoms with Gasteiger partial charge in [-0.25, -0.2) is 4.79 Å². The van der Waals surface area contributed by atoms with Crippen molar-refractivity contribution in [3.8, 4) is 29.1 Å². The van der Waals surface area contributed by atoms with Gasteiger partial charge in [-0.3, -0.25) is 9.55 Å². The van der Waals surface area contributed by atoms with E-state index in [1.165, 1.54) is 0 Å². The molecule has 5 rings (SSSR count). The van der Waals surface area contributed by atoms with Crippen LogP contribution in [0.15, 0.2) is 65.7 Å². The molecule has 0 radical (unpaired) electrons. The molecule has 5 aromatic rings.